The Balaban J connectivity index is 4.30. The average Bonchev–Trinajstić information content (AvgIpc) is 2.88. The molecule has 0 bridgehead atoms. The quantitative estimate of drug-likeness (QED) is 0.0367. The zero-order chi connectivity index (χ0) is 30.0. The maximum atomic E-state index is 12.5. The number of nitrogens with zero attached hydrogens (tertiary/aromatic N) is 1. The van der Waals surface area contributed by atoms with Gasteiger partial charge >= 0.3 is 5.97 Å². The number of unbranched alkanes of at least 4 members (excludes halogenated alkanes) is 16. The molecule has 0 aromatic rings. The molecule has 0 saturated carbocycles. The second-order valence-corrected chi connectivity index (χ2v) is 13.6. The van der Waals surface area contributed by atoms with Crippen LogP contribution < -0.4 is 4.89 Å². The number of phosphoric ester groups is 1. The summed E-state index contributed by atoms with van der Waals surface area (Å²) in [6.45, 7) is 5.35. The van der Waals surface area contributed by atoms with Gasteiger partial charge < -0.3 is 27.9 Å². The van der Waals surface area contributed by atoms with Gasteiger partial charge in [-0.15, -0.1) is 0 Å². The fourth-order valence-corrected chi connectivity index (χ4v) is 5.04. The average molecular weight is 594 g/mol. The molecule has 8 nitrogen and oxygen atoms in total. The summed E-state index contributed by atoms with van der Waals surface area (Å²) in [5.41, 5.74) is 0. The van der Waals surface area contributed by atoms with Gasteiger partial charge in [-0.05, 0) is 12.8 Å². The van der Waals surface area contributed by atoms with Gasteiger partial charge in [-0.3, -0.25) is 9.36 Å². The van der Waals surface area contributed by atoms with Crippen molar-refractivity contribution in [3.05, 3.63) is 0 Å². The van der Waals surface area contributed by atoms with E-state index < -0.39 is 13.9 Å². The van der Waals surface area contributed by atoms with E-state index in [1.165, 1.54) is 83.5 Å². The third kappa shape index (κ3) is 29.0. The Hall–Kier alpha value is -0.500. The molecule has 0 aliphatic heterocycles. The van der Waals surface area contributed by atoms with Gasteiger partial charge in [0.05, 0.1) is 34.4 Å². The first-order chi connectivity index (χ1) is 19.1. The Morgan fingerprint density at radius 1 is 0.675 bits per heavy atom. The highest BCUT2D eigenvalue weighted by Crippen LogP contribution is 2.38. The van der Waals surface area contributed by atoms with Gasteiger partial charge in [0, 0.05) is 13.0 Å². The molecule has 0 fully saturated rings. The lowest BCUT2D eigenvalue weighted by atomic mass is 10.0. The molecule has 0 heterocycles. The lowest BCUT2D eigenvalue weighted by Gasteiger charge is -2.28. The summed E-state index contributed by atoms with van der Waals surface area (Å²) in [6, 6.07) is 0. The van der Waals surface area contributed by atoms with Crippen molar-refractivity contribution >= 4 is 13.8 Å². The topological polar surface area (TPSA) is 94.1 Å². The molecule has 240 valence electrons. The summed E-state index contributed by atoms with van der Waals surface area (Å²) < 4.78 is 34.1. The smallest absolute Gasteiger partial charge is 0.306 e. The predicted octanol–water partition coefficient (Wildman–Crippen LogP) is 7.57. The lowest BCUT2D eigenvalue weighted by molar-refractivity contribution is -0.870. The van der Waals surface area contributed by atoms with E-state index in [0.717, 1.165) is 32.1 Å². The van der Waals surface area contributed by atoms with Crippen LogP contribution in [0, 0.1) is 0 Å². The molecule has 0 aromatic heterocycles. The first-order valence-electron chi connectivity index (χ1n) is 16.3. The first-order valence-corrected chi connectivity index (χ1v) is 17.7. The molecule has 9 heteroatoms. The third-order valence-electron chi connectivity index (χ3n) is 6.91. The highest BCUT2D eigenvalue weighted by atomic mass is 31.2. The second-order valence-electron chi connectivity index (χ2n) is 12.2. The van der Waals surface area contributed by atoms with Crippen molar-refractivity contribution in [2.24, 2.45) is 0 Å². The van der Waals surface area contributed by atoms with Crippen molar-refractivity contribution in [3.8, 4) is 0 Å². The lowest BCUT2D eigenvalue weighted by Crippen LogP contribution is -2.37. The Labute approximate surface area is 247 Å². The number of hydrogen-bond donors (Lipinski definition) is 0. The van der Waals surface area contributed by atoms with Crippen LogP contribution in [0.5, 0.6) is 0 Å². The van der Waals surface area contributed by atoms with Crippen molar-refractivity contribution in [2.75, 3.05) is 54.1 Å². The normalized spacial score (nSPS) is 14.2. The predicted molar refractivity (Wildman–Crippen MR) is 162 cm³/mol. The minimum absolute atomic E-state index is 0.0300. The molecule has 0 spiro atoms. The van der Waals surface area contributed by atoms with Crippen LogP contribution in [0.1, 0.15) is 136 Å². The van der Waals surface area contributed by atoms with Gasteiger partial charge in [0.15, 0.2) is 0 Å². The maximum absolute atomic E-state index is 12.5. The van der Waals surface area contributed by atoms with Gasteiger partial charge in [-0.2, -0.15) is 0 Å². The number of carbonyl (C=O) groups excluding carboxylic acids is 1. The largest absolute Gasteiger partial charge is 0.756 e. The van der Waals surface area contributed by atoms with Crippen LogP contribution in [0.25, 0.3) is 0 Å². The minimum Gasteiger partial charge on any atom is -0.756 e. The van der Waals surface area contributed by atoms with Gasteiger partial charge in [0.25, 0.3) is 7.82 Å². The van der Waals surface area contributed by atoms with E-state index in [1.807, 2.05) is 21.1 Å². The summed E-state index contributed by atoms with van der Waals surface area (Å²) in [5.74, 6) is -0.337. The van der Waals surface area contributed by atoms with Crippen molar-refractivity contribution in [2.45, 2.75) is 142 Å². The fraction of sp³-hybridized carbons (Fsp3) is 0.968. The van der Waals surface area contributed by atoms with Crippen LogP contribution in [0.15, 0.2) is 0 Å². The molecule has 0 aliphatic carbocycles. The molecule has 0 rings (SSSR count). The molecule has 40 heavy (non-hydrogen) atoms. The monoisotopic (exact) mass is 593 g/mol. The first kappa shape index (κ1) is 39.5. The van der Waals surface area contributed by atoms with Crippen LogP contribution in [-0.4, -0.2) is 70.7 Å². The van der Waals surface area contributed by atoms with E-state index in [-0.39, 0.29) is 25.8 Å². The van der Waals surface area contributed by atoms with Crippen molar-refractivity contribution in [1.82, 2.24) is 0 Å². The third-order valence-corrected chi connectivity index (χ3v) is 7.87. The number of quaternary nitrogens is 1. The number of hydrogen-bond acceptors (Lipinski definition) is 7. The summed E-state index contributed by atoms with van der Waals surface area (Å²) in [6.07, 6.45) is 21.2. The molecule has 0 radical (unpaired) electrons. The van der Waals surface area contributed by atoms with E-state index >= 15 is 0 Å². The Bertz CT molecular complexity index is 627. The molecule has 2 atom stereocenters. The Kier molecular flexibility index (Phi) is 25.8. The fourth-order valence-electron chi connectivity index (χ4n) is 4.31. The molecule has 0 aromatic carbocycles. The van der Waals surface area contributed by atoms with Crippen molar-refractivity contribution < 1.29 is 37.3 Å². The summed E-state index contributed by atoms with van der Waals surface area (Å²) >= 11 is 0. The van der Waals surface area contributed by atoms with Crippen LogP contribution in [0.2, 0.25) is 0 Å². The molecule has 0 N–H and O–H groups in total. The van der Waals surface area contributed by atoms with Gasteiger partial charge in [0.1, 0.15) is 19.3 Å². The molecule has 0 saturated heterocycles. The number of phosphoric acid groups is 1. The van der Waals surface area contributed by atoms with E-state index in [0.29, 0.717) is 24.1 Å². The zero-order valence-corrected chi connectivity index (χ0v) is 27.7. The standard InChI is InChI=1S/C31H64NO7P/c1-6-8-10-12-14-15-16-17-18-19-20-22-24-31(33)39-30(28-36-26-23-21-13-11-9-7-2)29-38-40(34,35)37-27-25-32(3,4)5/h30H,6-29H2,1-5H3. The Morgan fingerprint density at radius 2 is 1.15 bits per heavy atom. The summed E-state index contributed by atoms with van der Waals surface area (Å²) in [7, 11) is 1.36. The number of ether oxygens (including phenoxy) is 2. The van der Waals surface area contributed by atoms with Crippen LogP contribution in [0.4, 0.5) is 0 Å². The van der Waals surface area contributed by atoms with E-state index in [2.05, 4.69) is 13.8 Å². The Morgan fingerprint density at radius 3 is 1.65 bits per heavy atom. The van der Waals surface area contributed by atoms with Crippen molar-refractivity contribution in [3.63, 3.8) is 0 Å². The van der Waals surface area contributed by atoms with Gasteiger partial charge in [-0.1, -0.05) is 117 Å². The van der Waals surface area contributed by atoms with Crippen LogP contribution in [0.3, 0.4) is 0 Å². The SMILES string of the molecule is CCCCCCCCCCCCCCC(=O)OC(COCCCCCCCC)COP(=O)([O-])OCC[N+](C)(C)C. The number of likely N-dealkylation sites (N-methyl/N-ethyl adjacent to an activating group) is 1. The zero-order valence-electron chi connectivity index (χ0n) is 26.8. The van der Waals surface area contributed by atoms with Crippen LogP contribution >= 0.6 is 7.82 Å². The molecule has 2 unspecified atom stereocenters. The van der Waals surface area contributed by atoms with Crippen LogP contribution in [-0.2, 0) is 27.9 Å². The van der Waals surface area contributed by atoms with Gasteiger partial charge in [-0.25, -0.2) is 0 Å². The molecule has 0 amide bonds. The minimum atomic E-state index is -4.49. The molecule has 0 aliphatic rings. The number of rotatable bonds is 30. The van der Waals surface area contributed by atoms with Crippen molar-refractivity contribution in [1.29, 1.82) is 0 Å². The van der Waals surface area contributed by atoms with E-state index in [9.17, 15) is 14.3 Å². The maximum Gasteiger partial charge on any atom is 0.306 e. The molecular weight excluding hydrogens is 529 g/mol. The highest BCUT2D eigenvalue weighted by Gasteiger charge is 2.20. The number of esters is 1. The van der Waals surface area contributed by atoms with E-state index in [1.54, 1.807) is 0 Å². The highest BCUT2D eigenvalue weighted by molar-refractivity contribution is 7.45. The number of carbonyl (C=O) groups is 1. The van der Waals surface area contributed by atoms with E-state index in [4.69, 9.17) is 18.5 Å². The summed E-state index contributed by atoms with van der Waals surface area (Å²) in [5, 5.41) is 0. The summed E-state index contributed by atoms with van der Waals surface area (Å²) in [4.78, 5) is 24.7. The second kappa shape index (κ2) is 26.2. The van der Waals surface area contributed by atoms with Gasteiger partial charge in [0.2, 0.25) is 0 Å². The molecular formula is C31H64NO7P.